The molecule has 0 saturated heterocycles. The maximum atomic E-state index is 10.5. The molecule has 0 spiro atoms. The van der Waals surface area contributed by atoms with Crippen LogP contribution in [0.4, 0.5) is 0 Å². The van der Waals surface area contributed by atoms with Crippen LogP contribution < -0.4 is 11.1 Å². The third kappa shape index (κ3) is 6.03. The van der Waals surface area contributed by atoms with Gasteiger partial charge in [-0.3, -0.25) is 4.79 Å². The summed E-state index contributed by atoms with van der Waals surface area (Å²) in [6.45, 7) is 5.18. The van der Waals surface area contributed by atoms with Crippen LogP contribution in [0.5, 0.6) is 0 Å². The molecule has 10 heavy (non-hydrogen) atoms. The lowest BCUT2D eigenvalue weighted by Gasteiger charge is -2.07. The molecular formula is C6H13IN2O. The maximum Gasteiger partial charge on any atom is 0.244 e. The first-order valence-electron chi connectivity index (χ1n) is 2.89. The molecule has 0 aliphatic heterocycles. The number of carbonyl (C=O) groups is 1. The zero-order valence-corrected chi connectivity index (χ0v) is 8.29. The van der Waals surface area contributed by atoms with E-state index in [1.165, 1.54) is 6.08 Å². The standard InChI is InChI=1S/C6H12N2O.HI/c1-3-5(7)8-6(9)4-2;/h4-5H,2-3,7H2,1H3,(H,8,9);1H. The minimum Gasteiger partial charge on any atom is -0.337 e. The van der Waals surface area contributed by atoms with E-state index in [4.69, 9.17) is 5.73 Å². The van der Waals surface area contributed by atoms with Crippen LogP contribution in [0.2, 0.25) is 0 Å². The summed E-state index contributed by atoms with van der Waals surface area (Å²) in [6.07, 6.45) is 1.70. The second-order valence-corrected chi connectivity index (χ2v) is 1.73. The highest BCUT2D eigenvalue weighted by Gasteiger charge is 1.98. The minimum atomic E-state index is -0.240. The Hall–Kier alpha value is -0.100. The normalized spacial score (nSPS) is 11.0. The molecule has 0 heterocycles. The summed E-state index contributed by atoms with van der Waals surface area (Å²) in [4.78, 5) is 10.5. The monoisotopic (exact) mass is 256 g/mol. The molecule has 60 valence electrons. The van der Waals surface area contributed by atoms with Crippen LogP contribution in [0.15, 0.2) is 12.7 Å². The second-order valence-electron chi connectivity index (χ2n) is 1.73. The quantitative estimate of drug-likeness (QED) is 0.441. The number of amides is 1. The fourth-order valence-corrected chi connectivity index (χ4v) is 0.344. The first-order valence-corrected chi connectivity index (χ1v) is 2.89. The fraction of sp³-hybridized carbons (Fsp3) is 0.500. The third-order valence-electron chi connectivity index (χ3n) is 0.953. The smallest absolute Gasteiger partial charge is 0.244 e. The fourth-order valence-electron chi connectivity index (χ4n) is 0.344. The molecule has 0 rings (SSSR count). The lowest BCUT2D eigenvalue weighted by Crippen LogP contribution is -2.39. The molecule has 1 amide bonds. The van der Waals surface area contributed by atoms with E-state index in [1.807, 2.05) is 6.92 Å². The average molecular weight is 256 g/mol. The lowest BCUT2D eigenvalue weighted by atomic mass is 10.4. The predicted molar refractivity (Wildman–Crippen MR) is 52.0 cm³/mol. The number of hydrogen-bond acceptors (Lipinski definition) is 2. The van der Waals surface area contributed by atoms with Crippen molar-refractivity contribution in [2.75, 3.05) is 0 Å². The maximum absolute atomic E-state index is 10.5. The van der Waals surface area contributed by atoms with Gasteiger partial charge in [0.15, 0.2) is 0 Å². The summed E-state index contributed by atoms with van der Waals surface area (Å²) < 4.78 is 0. The Balaban J connectivity index is 0. The van der Waals surface area contributed by atoms with Crippen molar-refractivity contribution in [3.8, 4) is 0 Å². The van der Waals surface area contributed by atoms with Crippen molar-refractivity contribution in [3.63, 3.8) is 0 Å². The molecule has 0 saturated carbocycles. The van der Waals surface area contributed by atoms with Gasteiger partial charge in [-0.1, -0.05) is 13.5 Å². The molecule has 3 N–H and O–H groups in total. The predicted octanol–water partition coefficient (Wildman–Crippen LogP) is 0.601. The SMILES string of the molecule is C=CC(=O)NC(N)CC.I. The lowest BCUT2D eigenvalue weighted by molar-refractivity contribution is -0.117. The van der Waals surface area contributed by atoms with Gasteiger partial charge in [0.2, 0.25) is 5.91 Å². The van der Waals surface area contributed by atoms with Gasteiger partial charge in [0.25, 0.3) is 0 Å². The van der Waals surface area contributed by atoms with E-state index < -0.39 is 0 Å². The molecule has 1 unspecified atom stereocenters. The van der Waals surface area contributed by atoms with Crippen LogP contribution in [0, 0.1) is 0 Å². The van der Waals surface area contributed by atoms with E-state index in [-0.39, 0.29) is 36.0 Å². The number of halogens is 1. The zero-order chi connectivity index (χ0) is 7.28. The van der Waals surface area contributed by atoms with Crippen molar-refractivity contribution in [1.29, 1.82) is 0 Å². The van der Waals surface area contributed by atoms with E-state index in [9.17, 15) is 4.79 Å². The molecule has 4 heteroatoms. The first kappa shape index (κ1) is 12.6. The van der Waals surface area contributed by atoms with Gasteiger partial charge in [-0.05, 0) is 12.5 Å². The Kier molecular flexibility index (Phi) is 8.81. The average Bonchev–Trinajstić information content (AvgIpc) is 1.87. The molecule has 3 nitrogen and oxygen atoms in total. The van der Waals surface area contributed by atoms with E-state index in [2.05, 4.69) is 11.9 Å². The summed E-state index contributed by atoms with van der Waals surface area (Å²) in [5.41, 5.74) is 5.37. The number of carbonyl (C=O) groups excluding carboxylic acids is 1. The molecule has 0 aromatic rings. The van der Waals surface area contributed by atoms with Gasteiger partial charge in [-0.2, -0.15) is 0 Å². The first-order chi connectivity index (χ1) is 4.20. The van der Waals surface area contributed by atoms with Crippen molar-refractivity contribution in [1.82, 2.24) is 5.32 Å². The van der Waals surface area contributed by atoms with Gasteiger partial charge in [0.05, 0.1) is 6.17 Å². The zero-order valence-electron chi connectivity index (χ0n) is 5.96. The van der Waals surface area contributed by atoms with Gasteiger partial charge >= 0.3 is 0 Å². The van der Waals surface area contributed by atoms with Crippen LogP contribution in [-0.2, 0) is 4.79 Å². The van der Waals surface area contributed by atoms with E-state index in [1.54, 1.807) is 0 Å². The molecule has 0 aliphatic carbocycles. The molecule has 1 atom stereocenters. The van der Waals surface area contributed by atoms with Gasteiger partial charge in [0.1, 0.15) is 0 Å². The third-order valence-corrected chi connectivity index (χ3v) is 0.953. The number of nitrogens with two attached hydrogens (primary N) is 1. The summed E-state index contributed by atoms with van der Waals surface area (Å²) in [7, 11) is 0. The van der Waals surface area contributed by atoms with Crippen LogP contribution >= 0.6 is 24.0 Å². The van der Waals surface area contributed by atoms with Crippen LogP contribution in [0.1, 0.15) is 13.3 Å². The Labute approximate surface area is 78.1 Å². The Morgan fingerprint density at radius 2 is 2.40 bits per heavy atom. The molecule has 0 radical (unpaired) electrons. The van der Waals surface area contributed by atoms with Gasteiger partial charge < -0.3 is 11.1 Å². The number of rotatable bonds is 3. The van der Waals surface area contributed by atoms with E-state index >= 15 is 0 Å². The summed E-state index contributed by atoms with van der Waals surface area (Å²) in [5.74, 6) is -0.218. The molecule has 0 bridgehead atoms. The summed E-state index contributed by atoms with van der Waals surface area (Å²) >= 11 is 0. The second kappa shape index (κ2) is 7.01. The Morgan fingerprint density at radius 3 is 2.70 bits per heavy atom. The van der Waals surface area contributed by atoms with Crippen LogP contribution in [0.25, 0.3) is 0 Å². The van der Waals surface area contributed by atoms with Gasteiger partial charge in [0, 0.05) is 0 Å². The van der Waals surface area contributed by atoms with Crippen molar-refractivity contribution < 1.29 is 4.79 Å². The number of nitrogens with one attached hydrogen (secondary N) is 1. The van der Waals surface area contributed by atoms with E-state index in [0.29, 0.717) is 0 Å². The molecule has 0 aromatic carbocycles. The molecule has 0 aliphatic rings. The minimum absolute atomic E-state index is 0. The van der Waals surface area contributed by atoms with Crippen LogP contribution in [-0.4, -0.2) is 12.1 Å². The molecule has 0 fully saturated rings. The largest absolute Gasteiger partial charge is 0.337 e. The number of hydrogen-bond donors (Lipinski definition) is 2. The Morgan fingerprint density at radius 1 is 1.90 bits per heavy atom. The topological polar surface area (TPSA) is 55.1 Å². The molecule has 0 aromatic heterocycles. The van der Waals surface area contributed by atoms with Crippen molar-refractivity contribution in [2.45, 2.75) is 19.5 Å². The van der Waals surface area contributed by atoms with Crippen molar-refractivity contribution in [2.24, 2.45) is 5.73 Å². The highest BCUT2D eigenvalue weighted by Crippen LogP contribution is 1.79. The van der Waals surface area contributed by atoms with Crippen molar-refractivity contribution >= 4 is 29.9 Å². The van der Waals surface area contributed by atoms with E-state index in [0.717, 1.165) is 6.42 Å². The van der Waals surface area contributed by atoms with Gasteiger partial charge in [-0.25, -0.2) is 0 Å². The van der Waals surface area contributed by atoms with Crippen molar-refractivity contribution in [3.05, 3.63) is 12.7 Å². The van der Waals surface area contributed by atoms with Gasteiger partial charge in [-0.15, -0.1) is 24.0 Å². The Bertz CT molecular complexity index is 116. The summed E-state index contributed by atoms with van der Waals surface area (Å²) in [5, 5.41) is 2.50. The summed E-state index contributed by atoms with van der Waals surface area (Å²) in [6, 6.07) is 0. The van der Waals surface area contributed by atoms with Crippen LogP contribution in [0.3, 0.4) is 0 Å². The highest BCUT2D eigenvalue weighted by atomic mass is 127. The molecular weight excluding hydrogens is 243 g/mol. The highest BCUT2D eigenvalue weighted by molar-refractivity contribution is 14.0.